The molecule has 74 valence electrons. The molecule has 0 unspecified atom stereocenters. The van der Waals surface area contributed by atoms with E-state index < -0.39 is 11.7 Å². The third-order valence-electron chi connectivity index (χ3n) is 1.93. The van der Waals surface area contributed by atoms with Crippen LogP contribution in [0.25, 0.3) is 0 Å². The van der Waals surface area contributed by atoms with Gasteiger partial charge in [0, 0.05) is 6.04 Å². The van der Waals surface area contributed by atoms with Crippen LogP contribution in [0, 0.1) is 0 Å². The highest BCUT2D eigenvalue weighted by molar-refractivity contribution is 7.80. The Bertz CT molecular complexity index is 234. The standard InChI is InChI=1S/C7H12N2O3S/c1-7(12)2-4(3-7)8-5(13)9-6(10)11/h4,12H,2-3H2,1H3,(H,10,11)(H2,8,9,13). The molecule has 1 fully saturated rings. The molecule has 0 aromatic rings. The summed E-state index contributed by atoms with van der Waals surface area (Å²) in [6.45, 7) is 1.73. The Hall–Kier alpha value is -0.880. The molecule has 0 aromatic heterocycles. The largest absolute Gasteiger partial charge is 0.465 e. The predicted molar refractivity (Wildman–Crippen MR) is 50.5 cm³/mol. The molecule has 1 saturated carbocycles. The second kappa shape index (κ2) is 3.47. The Balaban J connectivity index is 2.20. The maximum atomic E-state index is 10.1. The fraction of sp³-hybridized carbons (Fsp3) is 0.714. The third kappa shape index (κ3) is 3.16. The van der Waals surface area contributed by atoms with Crippen LogP contribution < -0.4 is 10.6 Å². The summed E-state index contributed by atoms with van der Waals surface area (Å²) < 4.78 is 0. The number of aliphatic hydroxyl groups is 1. The van der Waals surface area contributed by atoms with E-state index in [0.29, 0.717) is 12.8 Å². The quantitative estimate of drug-likeness (QED) is 0.453. The van der Waals surface area contributed by atoms with Gasteiger partial charge >= 0.3 is 6.09 Å². The van der Waals surface area contributed by atoms with Gasteiger partial charge in [0.15, 0.2) is 5.11 Å². The van der Waals surface area contributed by atoms with Crippen molar-refractivity contribution in [3.8, 4) is 0 Å². The average Bonchev–Trinajstić information content (AvgIpc) is 1.79. The molecule has 0 aromatic carbocycles. The molecule has 0 heterocycles. The molecule has 0 saturated heterocycles. The van der Waals surface area contributed by atoms with Gasteiger partial charge in [0.1, 0.15) is 0 Å². The zero-order valence-electron chi connectivity index (χ0n) is 7.20. The van der Waals surface area contributed by atoms with Crippen molar-refractivity contribution >= 4 is 23.4 Å². The van der Waals surface area contributed by atoms with Gasteiger partial charge in [-0.1, -0.05) is 0 Å². The molecule has 0 radical (unpaired) electrons. The minimum atomic E-state index is -1.18. The number of carbonyl (C=O) groups is 1. The van der Waals surface area contributed by atoms with E-state index in [2.05, 4.69) is 5.32 Å². The lowest BCUT2D eigenvalue weighted by Crippen LogP contribution is -2.55. The molecule has 1 amide bonds. The molecule has 0 atom stereocenters. The molecule has 5 nitrogen and oxygen atoms in total. The van der Waals surface area contributed by atoms with Crippen LogP contribution in [0.2, 0.25) is 0 Å². The van der Waals surface area contributed by atoms with Crippen LogP contribution in [-0.2, 0) is 0 Å². The fourth-order valence-electron chi connectivity index (χ4n) is 1.42. The third-order valence-corrected chi connectivity index (χ3v) is 2.15. The zero-order chi connectivity index (χ0) is 10.1. The summed E-state index contributed by atoms with van der Waals surface area (Å²) >= 11 is 4.70. The molecule has 1 aliphatic rings. The summed E-state index contributed by atoms with van der Waals surface area (Å²) in [6, 6.07) is 0.0781. The highest BCUT2D eigenvalue weighted by Crippen LogP contribution is 2.31. The van der Waals surface area contributed by atoms with Gasteiger partial charge in [0.05, 0.1) is 5.60 Å². The second-order valence-electron chi connectivity index (χ2n) is 3.51. The van der Waals surface area contributed by atoms with Gasteiger partial charge in [-0.3, -0.25) is 5.32 Å². The van der Waals surface area contributed by atoms with Crippen LogP contribution >= 0.6 is 12.2 Å². The maximum absolute atomic E-state index is 10.1. The first-order chi connectivity index (χ1) is 5.89. The molecule has 6 heteroatoms. The van der Waals surface area contributed by atoms with E-state index in [1.165, 1.54) is 0 Å². The highest BCUT2D eigenvalue weighted by Gasteiger charge is 2.38. The number of hydrogen-bond acceptors (Lipinski definition) is 3. The summed E-state index contributed by atoms with van der Waals surface area (Å²) in [6.07, 6.45) is 0.00617. The van der Waals surface area contributed by atoms with E-state index >= 15 is 0 Å². The average molecular weight is 204 g/mol. The van der Waals surface area contributed by atoms with Gasteiger partial charge in [-0.05, 0) is 32.0 Å². The van der Waals surface area contributed by atoms with Crippen LogP contribution in [0.1, 0.15) is 19.8 Å². The summed E-state index contributed by atoms with van der Waals surface area (Å²) in [5, 5.41) is 22.6. The van der Waals surface area contributed by atoms with Gasteiger partial charge in [-0.15, -0.1) is 0 Å². The number of carboxylic acid groups (broad SMARTS) is 1. The van der Waals surface area contributed by atoms with Crippen molar-refractivity contribution in [1.29, 1.82) is 0 Å². The van der Waals surface area contributed by atoms with Crippen molar-refractivity contribution in [3.63, 3.8) is 0 Å². The second-order valence-corrected chi connectivity index (χ2v) is 3.91. The van der Waals surface area contributed by atoms with Crippen LogP contribution in [0.4, 0.5) is 4.79 Å². The van der Waals surface area contributed by atoms with E-state index in [1.54, 1.807) is 6.92 Å². The Morgan fingerprint density at radius 1 is 1.62 bits per heavy atom. The maximum Gasteiger partial charge on any atom is 0.410 e. The van der Waals surface area contributed by atoms with Crippen molar-refractivity contribution in [3.05, 3.63) is 0 Å². The first-order valence-corrected chi connectivity index (χ1v) is 4.33. The lowest BCUT2D eigenvalue weighted by Gasteiger charge is -2.41. The Kier molecular flexibility index (Phi) is 2.72. The summed E-state index contributed by atoms with van der Waals surface area (Å²) in [5.41, 5.74) is -0.628. The van der Waals surface area contributed by atoms with Crippen LogP contribution in [-0.4, -0.2) is 33.1 Å². The van der Waals surface area contributed by atoms with Crippen molar-refractivity contribution in [2.24, 2.45) is 0 Å². The Morgan fingerprint density at radius 2 is 2.15 bits per heavy atom. The van der Waals surface area contributed by atoms with Crippen molar-refractivity contribution in [1.82, 2.24) is 10.6 Å². The van der Waals surface area contributed by atoms with E-state index in [-0.39, 0.29) is 11.2 Å². The van der Waals surface area contributed by atoms with Gasteiger partial charge in [-0.2, -0.15) is 0 Å². The molecule has 13 heavy (non-hydrogen) atoms. The smallest absolute Gasteiger partial charge is 0.410 e. The van der Waals surface area contributed by atoms with E-state index in [4.69, 9.17) is 17.3 Å². The SMILES string of the molecule is CC1(O)CC(NC(=S)NC(=O)O)C1. The fourth-order valence-corrected chi connectivity index (χ4v) is 1.68. The van der Waals surface area contributed by atoms with E-state index in [0.717, 1.165) is 0 Å². The molecular formula is C7H12N2O3S. The number of nitrogens with one attached hydrogen (secondary N) is 2. The zero-order valence-corrected chi connectivity index (χ0v) is 8.02. The molecule has 4 N–H and O–H groups in total. The number of amides is 1. The Morgan fingerprint density at radius 3 is 2.54 bits per heavy atom. The van der Waals surface area contributed by atoms with Crippen molar-refractivity contribution < 1.29 is 15.0 Å². The molecule has 0 spiro atoms. The monoisotopic (exact) mass is 204 g/mol. The van der Waals surface area contributed by atoms with Gasteiger partial charge in [0.2, 0.25) is 0 Å². The number of thiocarbonyl (C=S) groups is 1. The lowest BCUT2D eigenvalue weighted by atomic mass is 9.77. The Labute approximate surface area is 81.1 Å². The van der Waals surface area contributed by atoms with Crippen LogP contribution in [0.3, 0.4) is 0 Å². The minimum absolute atomic E-state index is 0.0781. The normalized spacial score (nSPS) is 31.7. The number of hydrogen-bond donors (Lipinski definition) is 4. The van der Waals surface area contributed by atoms with Crippen LogP contribution in [0.5, 0.6) is 0 Å². The number of rotatable bonds is 1. The van der Waals surface area contributed by atoms with Crippen molar-refractivity contribution in [2.75, 3.05) is 0 Å². The summed E-state index contributed by atoms with van der Waals surface area (Å²) in [5.74, 6) is 0. The molecule has 0 bridgehead atoms. The first kappa shape index (κ1) is 10.2. The minimum Gasteiger partial charge on any atom is -0.465 e. The van der Waals surface area contributed by atoms with Gasteiger partial charge in [-0.25, -0.2) is 4.79 Å². The molecule has 1 aliphatic carbocycles. The summed E-state index contributed by atoms with van der Waals surface area (Å²) in [7, 11) is 0. The molecule has 1 rings (SSSR count). The summed E-state index contributed by atoms with van der Waals surface area (Å²) in [4.78, 5) is 10.1. The predicted octanol–water partition coefficient (Wildman–Crippen LogP) is 0.0419. The van der Waals surface area contributed by atoms with E-state index in [1.807, 2.05) is 5.32 Å². The lowest BCUT2D eigenvalue weighted by molar-refractivity contribution is -0.0339. The molecule has 0 aliphatic heterocycles. The van der Waals surface area contributed by atoms with Gasteiger partial charge < -0.3 is 15.5 Å². The topological polar surface area (TPSA) is 81.6 Å². The van der Waals surface area contributed by atoms with Gasteiger partial charge in [0.25, 0.3) is 0 Å². The molecular weight excluding hydrogens is 192 g/mol. The van der Waals surface area contributed by atoms with Crippen LogP contribution in [0.15, 0.2) is 0 Å². The van der Waals surface area contributed by atoms with Crippen molar-refractivity contribution in [2.45, 2.75) is 31.4 Å². The highest BCUT2D eigenvalue weighted by atomic mass is 32.1. The first-order valence-electron chi connectivity index (χ1n) is 3.92. The van der Waals surface area contributed by atoms with E-state index in [9.17, 15) is 9.90 Å².